The smallest absolute Gasteiger partial charge is 0.229 e. The molecular weight excluding hydrogens is 386 g/mol. The number of likely N-dealkylation sites (N-methyl/N-ethyl adjacent to an activating group) is 1. The lowest BCUT2D eigenvalue weighted by atomic mass is 9.68. The largest absolute Gasteiger partial charge is 0.391 e. The minimum Gasteiger partial charge on any atom is -0.391 e. The first-order valence-electron chi connectivity index (χ1n) is 10.1. The number of hydrogen-bond acceptors (Lipinski definition) is 5. The predicted octanol–water partition coefficient (Wildman–Crippen LogP) is 2.57. The van der Waals surface area contributed by atoms with E-state index in [1.54, 1.807) is 23.3 Å². The van der Waals surface area contributed by atoms with Crippen LogP contribution in [0.25, 0.3) is 0 Å². The van der Waals surface area contributed by atoms with Crippen LogP contribution < -0.4 is 0 Å². The normalized spacial score (nSPS) is 24.2. The zero-order valence-electron chi connectivity index (χ0n) is 16.9. The molecular formula is C22H27N3O3S. The third-order valence-corrected chi connectivity index (χ3v) is 7.19. The Bertz CT molecular complexity index is 890. The highest BCUT2D eigenvalue weighted by molar-refractivity contribution is 7.09. The fourth-order valence-corrected chi connectivity index (χ4v) is 5.42. The van der Waals surface area contributed by atoms with Crippen LogP contribution in [0.4, 0.5) is 0 Å². The van der Waals surface area contributed by atoms with Crippen LogP contribution in [0.1, 0.15) is 41.6 Å². The second-order valence-corrected chi connectivity index (χ2v) is 9.30. The Hall–Kier alpha value is -2.25. The van der Waals surface area contributed by atoms with Crippen LogP contribution in [0.15, 0.2) is 35.7 Å². The third kappa shape index (κ3) is 3.81. The average molecular weight is 414 g/mol. The van der Waals surface area contributed by atoms with E-state index in [1.165, 1.54) is 0 Å². The van der Waals surface area contributed by atoms with E-state index in [2.05, 4.69) is 4.98 Å². The molecule has 7 heteroatoms. The summed E-state index contributed by atoms with van der Waals surface area (Å²) in [6.45, 7) is 3.02. The first-order chi connectivity index (χ1) is 13.9. The number of carbonyl (C=O) groups excluding carboxylic acids is 2. The molecule has 154 valence electrons. The highest BCUT2D eigenvalue weighted by atomic mass is 32.1. The minimum atomic E-state index is -0.611. The van der Waals surface area contributed by atoms with Crippen molar-refractivity contribution in [1.29, 1.82) is 0 Å². The molecule has 3 heterocycles. The maximum absolute atomic E-state index is 13.3. The van der Waals surface area contributed by atoms with E-state index in [4.69, 9.17) is 0 Å². The molecule has 29 heavy (non-hydrogen) atoms. The van der Waals surface area contributed by atoms with E-state index in [9.17, 15) is 14.7 Å². The van der Waals surface area contributed by atoms with Gasteiger partial charge in [-0.15, -0.1) is 11.3 Å². The monoisotopic (exact) mass is 413 g/mol. The number of rotatable bonds is 3. The van der Waals surface area contributed by atoms with Gasteiger partial charge in [0.05, 0.1) is 34.7 Å². The summed E-state index contributed by atoms with van der Waals surface area (Å²) in [6.07, 6.45) is 1.33. The van der Waals surface area contributed by atoms with Crippen molar-refractivity contribution in [3.8, 4) is 0 Å². The lowest BCUT2D eigenvalue weighted by Gasteiger charge is -2.50. The Kier molecular flexibility index (Phi) is 5.44. The number of benzene rings is 1. The Morgan fingerprint density at radius 1 is 1.28 bits per heavy atom. The van der Waals surface area contributed by atoms with Crippen molar-refractivity contribution < 1.29 is 14.7 Å². The van der Waals surface area contributed by atoms with Crippen molar-refractivity contribution in [2.24, 2.45) is 5.41 Å². The van der Waals surface area contributed by atoms with E-state index in [0.717, 1.165) is 16.3 Å². The van der Waals surface area contributed by atoms with Gasteiger partial charge in [0.25, 0.3) is 0 Å². The predicted molar refractivity (Wildman–Crippen MR) is 111 cm³/mol. The number of aryl methyl sites for hydroxylation is 1. The SMILES string of the molecule is Cc1nc(CC(=O)N2CCC3(CC2)C[C@@H](O)[C@H](c2ccccc2)N(C)C3=O)cs1. The molecule has 0 unspecified atom stereocenters. The number of hydrogen-bond donors (Lipinski definition) is 1. The van der Waals surface area contributed by atoms with Crippen molar-refractivity contribution in [1.82, 2.24) is 14.8 Å². The molecule has 2 fully saturated rings. The highest BCUT2D eigenvalue weighted by Gasteiger charge is 2.51. The standard InChI is InChI=1S/C22H27N3O3S/c1-15-23-17(14-29-15)12-19(27)25-10-8-22(9-11-25)13-18(26)20(24(2)21(22)28)16-6-4-3-5-7-16/h3-7,14,18,20,26H,8-13H2,1-2H3/t18-,20+/m1/s1. The summed E-state index contributed by atoms with van der Waals surface area (Å²) in [7, 11) is 1.78. The van der Waals surface area contributed by atoms with Gasteiger partial charge in [0.2, 0.25) is 11.8 Å². The number of aromatic nitrogens is 1. The van der Waals surface area contributed by atoms with E-state index in [1.807, 2.05) is 47.5 Å². The molecule has 0 radical (unpaired) electrons. The van der Waals surface area contributed by atoms with Crippen molar-refractivity contribution in [2.75, 3.05) is 20.1 Å². The highest BCUT2D eigenvalue weighted by Crippen LogP contribution is 2.46. The molecule has 1 spiro atoms. The number of thiazole rings is 1. The molecule has 6 nitrogen and oxygen atoms in total. The summed E-state index contributed by atoms with van der Waals surface area (Å²) >= 11 is 1.55. The third-order valence-electron chi connectivity index (χ3n) is 6.37. The van der Waals surface area contributed by atoms with E-state index < -0.39 is 11.5 Å². The van der Waals surface area contributed by atoms with Crippen LogP contribution in [0.2, 0.25) is 0 Å². The van der Waals surface area contributed by atoms with E-state index >= 15 is 0 Å². The van der Waals surface area contributed by atoms with Gasteiger partial charge in [-0.2, -0.15) is 0 Å². The Labute approximate surface area is 175 Å². The van der Waals surface area contributed by atoms with Gasteiger partial charge in [0.15, 0.2) is 0 Å². The summed E-state index contributed by atoms with van der Waals surface area (Å²) in [6, 6.07) is 9.38. The number of carbonyl (C=O) groups is 2. The maximum Gasteiger partial charge on any atom is 0.229 e. The van der Waals surface area contributed by atoms with E-state index in [-0.39, 0.29) is 17.9 Å². The Morgan fingerprint density at radius 3 is 2.59 bits per heavy atom. The molecule has 4 rings (SSSR count). The van der Waals surface area contributed by atoms with Crippen LogP contribution in [-0.4, -0.2) is 57.9 Å². The molecule has 0 saturated carbocycles. The summed E-state index contributed by atoms with van der Waals surface area (Å²) in [5.74, 6) is 0.142. The second-order valence-electron chi connectivity index (χ2n) is 8.24. The summed E-state index contributed by atoms with van der Waals surface area (Å²) in [5.41, 5.74) is 1.19. The zero-order valence-corrected chi connectivity index (χ0v) is 17.7. The molecule has 2 atom stereocenters. The fraction of sp³-hybridized carbons (Fsp3) is 0.500. The second kappa shape index (κ2) is 7.88. The molecule has 1 aromatic heterocycles. The molecule has 1 N–H and O–H groups in total. The molecule has 2 amide bonds. The van der Waals surface area contributed by atoms with Crippen LogP contribution in [0.3, 0.4) is 0 Å². The van der Waals surface area contributed by atoms with Gasteiger partial charge in [0.1, 0.15) is 0 Å². The molecule has 2 aliphatic heterocycles. The van der Waals surface area contributed by atoms with Crippen molar-refractivity contribution in [2.45, 2.75) is 44.8 Å². The lowest BCUT2D eigenvalue weighted by molar-refractivity contribution is -0.163. The molecule has 2 saturated heterocycles. The zero-order chi connectivity index (χ0) is 20.6. The fourth-order valence-electron chi connectivity index (χ4n) is 4.81. The average Bonchev–Trinajstić information content (AvgIpc) is 3.12. The Morgan fingerprint density at radius 2 is 1.97 bits per heavy atom. The van der Waals surface area contributed by atoms with Crippen LogP contribution in [0, 0.1) is 12.3 Å². The maximum atomic E-state index is 13.3. The van der Waals surface area contributed by atoms with Gasteiger partial charge < -0.3 is 14.9 Å². The number of amides is 2. The van der Waals surface area contributed by atoms with Gasteiger partial charge in [-0.3, -0.25) is 9.59 Å². The topological polar surface area (TPSA) is 73.7 Å². The van der Waals surface area contributed by atoms with Crippen LogP contribution >= 0.6 is 11.3 Å². The Balaban J connectivity index is 1.43. The lowest BCUT2D eigenvalue weighted by Crippen LogP contribution is -2.58. The molecule has 2 aliphatic rings. The summed E-state index contributed by atoms with van der Waals surface area (Å²) in [5, 5.41) is 13.8. The first-order valence-corrected chi connectivity index (χ1v) is 11.0. The van der Waals surface area contributed by atoms with Crippen molar-refractivity contribution in [3.63, 3.8) is 0 Å². The summed E-state index contributed by atoms with van der Waals surface area (Å²) in [4.78, 5) is 33.9. The van der Waals surface area contributed by atoms with Crippen molar-refractivity contribution >= 4 is 23.2 Å². The molecule has 0 bridgehead atoms. The quantitative estimate of drug-likeness (QED) is 0.839. The minimum absolute atomic E-state index is 0.0597. The summed E-state index contributed by atoms with van der Waals surface area (Å²) < 4.78 is 0. The number of aliphatic hydroxyl groups excluding tert-OH is 1. The van der Waals surface area contributed by atoms with Crippen LogP contribution in [0.5, 0.6) is 0 Å². The van der Waals surface area contributed by atoms with Gasteiger partial charge in [-0.25, -0.2) is 4.98 Å². The number of aliphatic hydroxyl groups is 1. The van der Waals surface area contributed by atoms with E-state index in [0.29, 0.717) is 38.8 Å². The molecule has 0 aliphatic carbocycles. The molecule has 2 aromatic rings. The number of piperidine rings is 2. The first kappa shape index (κ1) is 20.0. The van der Waals surface area contributed by atoms with Gasteiger partial charge >= 0.3 is 0 Å². The van der Waals surface area contributed by atoms with Crippen molar-refractivity contribution in [3.05, 3.63) is 52.0 Å². The number of likely N-dealkylation sites (tertiary alicyclic amines) is 2. The number of nitrogens with zero attached hydrogens (tertiary/aromatic N) is 3. The van der Waals surface area contributed by atoms with Gasteiger partial charge in [-0.1, -0.05) is 30.3 Å². The van der Waals surface area contributed by atoms with Crippen LogP contribution in [-0.2, 0) is 16.0 Å². The molecule has 1 aromatic carbocycles. The van der Waals surface area contributed by atoms with Gasteiger partial charge in [-0.05, 0) is 31.7 Å². The van der Waals surface area contributed by atoms with Gasteiger partial charge in [0, 0.05) is 25.5 Å².